The van der Waals surface area contributed by atoms with Crippen molar-refractivity contribution in [2.45, 2.75) is 13.0 Å². The zero-order chi connectivity index (χ0) is 12.0. The highest BCUT2D eigenvalue weighted by atomic mass is 35.5. The summed E-state index contributed by atoms with van der Waals surface area (Å²) in [5, 5.41) is 9.43. The van der Waals surface area contributed by atoms with Gasteiger partial charge in [-0.3, -0.25) is 0 Å². The minimum Gasteiger partial charge on any atom is -0.508 e. The van der Waals surface area contributed by atoms with Crippen molar-refractivity contribution in [3.05, 3.63) is 29.8 Å². The van der Waals surface area contributed by atoms with E-state index >= 15 is 0 Å². The number of hydrogen-bond acceptors (Lipinski definition) is 3. The highest BCUT2D eigenvalue weighted by Crippen LogP contribution is 2.15. The molecular formula is C10H14ClNO3S. The Hall–Kier alpha value is -0.780. The molecule has 0 aliphatic carbocycles. The molecule has 0 bridgehead atoms. The first-order valence-corrected chi connectivity index (χ1v) is 7.04. The number of phenols is 1. The summed E-state index contributed by atoms with van der Waals surface area (Å²) in [5.74, 6) is 0.407. The summed E-state index contributed by atoms with van der Waals surface area (Å²) in [6, 6.07) is 6.60. The molecule has 4 nitrogen and oxygen atoms in total. The van der Waals surface area contributed by atoms with E-state index in [0.29, 0.717) is 17.9 Å². The molecule has 0 radical (unpaired) electrons. The molecule has 0 heterocycles. The monoisotopic (exact) mass is 263 g/mol. The van der Waals surface area contributed by atoms with E-state index in [9.17, 15) is 13.5 Å². The van der Waals surface area contributed by atoms with Crippen LogP contribution in [-0.2, 0) is 16.6 Å². The predicted octanol–water partition coefficient (Wildman–Crippen LogP) is 1.44. The van der Waals surface area contributed by atoms with Gasteiger partial charge in [0.05, 0.1) is 5.75 Å². The number of sulfonamides is 1. The number of para-hydroxylation sites is 1. The van der Waals surface area contributed by atoms with Crippen LogP contribution in [0.15, 0.2) is 24.3 Å². The molecule has 0 atom stereocenters. The van der Waals surface area contributed by atoms with Gasteiger partial charge in [-0.2, -0.15) is 0 Å². The lowest BCUT2D eigenvalue weighted by Crippen LogP contribution is -2.26. The second kappa shape index (κ2) is 6.08. The van der Waals surface area contributed by atoms with Gasteiger partial charge in [0.1, 0.15) is 5.75 Å². The van der Waals surface area contributed by atoms with Crippen molar-refractivity contribution in [1.29, 1.82) is 0 Å². The van der Waals surface area contributed by atoms with E-state index in [1.54, 1.807) is 18.2 Å². The molecule has 1 aromatic carbocycles. The number of phenolic OH excluding ortho intramolecular Hbond substituents is 1. The maximum Gasteiger partial charge on any atom is 0.211 e. The molecule has 2 N–H and O–H groups in total. The van der Waals surface area contributed by atoms with Crippen LogP contribution < -0.4 is 4.72 Å². The highest BCUT2D eigenvalue weighted by molar-refractivity contribution is 7.89. The van der Waals surface area contributed by atoms with Gasteiger partial charge in [-0.15, -0.1) is 11.6 Å². The first-order chi connectivity index (χ1) is 7.55. The number of benzene rings is 1. The van der Waals surface area contributed by atoms with Crippen molar-refractivity contribution < 1.29 is 13.5 Å². The van der Waals surface area contributed by atoms with Gasteiger partial charge in [-0.05, 0) is 12.5 Å². The number of halogens is 1. The number of nitrogens with one attached hydrogen (secondary N) is 1. The van der Waals surface area contributed by atoms with E-state index in [2.05, 4.69) is 4.72 Å². The largest absolute Gasteiger partial charge is 0.508 e. The van der Waals surface area contributed by atoms with Gasteiger partial charge in [0.15, 0.2) is 0 Å². The Bertz CT molecular complexity index is 433. The fraction of sp³-hybridized carbons (Fsp3) is 0.400. The van der Waals surface area contributed by atoms with Gasteiger partial charge in [0, 0.05) is 18.0 Å². The molecular weight excluding hydrogens is 250 g/mol. The Kier molecular flexibility index (Phi) is 5.05. The minimum atomic E-state index is -3.30. The smallest absolute Gasteiger partial charge is 0.211 e. The summed E-state index contributed by atoms with van der Waals surface area (Å²) in [5.41, 5.74) is 0.553. The van der Waals surface area contributed by atoms with Gasteiger partial charge >= 0.3 is 0 Å². The van der Waals surface area contributed by atoms with Crippen molar-refractivity contribution in [3.63, 3.8) is 0 Å². The molecule has 1 aromatic rings. The number of alkyl halides is 1. The molecule has 0 amide bonds. The van der Waals surface area contributed by atoms with Crippen molar-refractivity contribution in [2.24, 2.45) is 0 Å². The van der Waals surface area contributed by atoms with Gasteiger partial charge in [0.25, 0.3) is 0 Å². The summed E-state index contributed by atoms with van der Waals surface area (Å²) >= 11 is 5.42. The molecule has 0 saturated carbocycles. The Morgan fingerprint density at radius 2 is 2.00 bits per heavy atom. The highest BCUT2D eigenvalue weighted by Gasteiger charge is 2.10. The van der Waals surface area contributed by atoms with Crippen molar-refractivity contribution >= 4 is 21.6 Å². The fourth-order valence-corrected chi connectivity index (χ4v) is 2.50. The van der Waals surface area contributed by atoms with Crippen LogP contribution >= 0.6 is 11.6 Å². The SMILES string of the molecule is O=S(=O)(CCCCl)NCc1ccccc1O. The van der Waals surface area contributed by atoms with Gasteiger partial charge in [-0.25, -0.2) is 13.1 Å². The molecule has 0 aliphatic heterocycles. The van der Waals surface area contributed by atoms with E-state index in [4.69, 9.17) is 11.6 Å². The molecule has 6 heteroatoms. The lowest BCUT2D eigenvalue weighted by atomic mass is 10.2. The van der Waals surface area contributed by atoms with Crippen molar-refractivity contribution in [3.8, 4) is 5.75 Å². The fourth-order valence-electron chi connectivity index (χ4n) is 1.16. The minimum absolute atomic E-state index is 0.00406. The molecule has 0 unspecified atom stereocenters. The van der Waals surface area contributed by atoms with Crippen LogP contribution in [-0.4, -0.2) is 25.2 Å². The average Bonchev–Trinajstić information content (AvgIpc) is 2.26. The van der Waals surface area contributed by atoms with E-state index < -0.39 is 10.0 Å². The normalized spacial score (nSPS) is 11.6. The van der Waals surface area contributed by atoms with Crippen molar-refractivity contribution in [1.82, 2.24) is 4.72 Å². The zero-order valence-electron chi connectivity index (χ0n) is 8.69. The van der Waals surface area contributed by atoms with Gasteiger partial charge in [-0.1, -0.05) is 18.2 Å². The van der Waals surface area contributed by atoms with Crippen molar-refractivity contribution in [2.75, 3.05) is 11.6 Å². The number of hydrogen-bond donors (Lipinski definition) is 2. The van der Waals surface area contributed by atoms with E-state index in [0.717, 1.165) is 0 Å². The summed E-state index contributed by atoms with van der Waals surface area (Å²) < 4.78 is 25.2. The van der Waals surface area contributed by atoms with Crippen LogP contribution in [0, 0.1) is 0 Å². The first-order valence-electron chi connectivity index (χ1n) is 4.85. The second-order valence-electron chi connectivity index (χ2n) is 3.31. The molecule has 0 fully saturated rings. The molecule has 1 rings (SSSR count). The summed E-state index contributed by atoms with van der Waals surface area (Å²) in [6.45, 7) is 0.0945. The number of aromatic hydroxyl groups is 1. The first kappa shape index (κ1) is 13.3. The lowest BCUT2D eigenvalue weighted by molar-refractivity contribution is 0.467. The van der Waals surface area contributed by atoms with E-state index in [1.165, 1.54) is 6.07 Å². The second-order valence-corrected chi connectivity index (χ2v) is 5.62. The summed E-state index contributed by atoms with van der Waals surface area (Å²) in [6.07, 6.45) is 0.414. The lowest BCUT2D eigenvalue weighted by Gasteiger charge is -2.07. The molecule has 0 aliphatic rings. The third-order valence-electron chi connectivity index (χ3n) is 2.02. The standard InChI is InChI=1S/C10H14ClNO3S/c11-6-3-7-16(14,15)12-8-9-4-1-2-5-10(9)13/h1-2,4-5,12-13H,3,6-8H2. The van der Waals surface area contributed by atoms with Crippen LogP contribution in [0.25, 0.3) is 0 Å². The maximum absolute atomic E-state index is 11.4. The Balaban J connectivity index is 2.55. The average molecular weight is 264 g/mol. The van der Waals surface area contributed by atoms with Crippen LogP contribution in [0.3, 0.4) is 0 Å². The molecule has 0 aromatic heterocycles. The third-order valence-corrected chi connectivity index (χ3v) is 3.70. The molecule has 0 saturated heterocycles. The maximum atomic E-state index is 11.4. The molecule has 0 spiro atoms. The van der Waals surface area contributed by atoms with E-state index in [1.807, 2.05) is 0 Å². The van der Waals surface area contributed by atoms with Crippen LogP contribution in [0.4, 0.5) is 0 Å². The number of rotatable bonds is 6. The van der Waals surface area contributed by atoms with Crippen LogP contribution in [0.1, 0.15) is 12.0 Å². The Morgan fingerprint density at radius 3 is 2.62 bits per heavy atom. The van der Waals surface area contributed by atoms with Gasteiger partial charge < -0.3 is 5.11 Å². The predicted molar refractivity (Wildman–Crippen MR) is 64.1 cm³/mol. The van der Waals surface area contributed by atoms with E-state index in [-0.39, 0.29) is 18.0 Å². The zero-order valence-corrected chi connectivity index (χ0v) is 10.3. The van der Waals surface area contributed by atoms with Gasteiger partial charge in [0.2, 0.25) is 10.0 Å². The summed E-state index contributed by atoms with van der Waals surface area (Å²) in [7, 11) is -3.30. The molecule has 16 heavy (non-hydrogen) atoms. The molecule has 90 valence electrons. The third kappa shape index (κ3) is 4.38. The quantitative estimate of drug-likeness (QED) is 0.764. The van der Waals surface area contributed by atoms with Crippen LogP contribution in [0.2, 0.25) is 0 Å². The topological polar surface area (TPSA) is 66.4 Å². The Labute approximate surface area is 100 Å². The van der Waals surface area contributed by atoms with Crippen LogP contribution in [0.5, 0.6) is 5.75 Å². The Morgan fingerprint density at radius 1 is 1.31 bits per heavy atom. The summed E-state index contributed by atoms with van der Waals surface area (Å²) in [4.78, 5) is 0.